The number of ether oxygens (including phenoxy) is 1. The van der Waals surface area contributed by atoms with Crippen LogP contribution in [0, 0.1) is 5.82 Å². The number of hydrogen-bond donors (Lipinski definition) is 0. The van der Waals surface area contributed by atoms with E-state index in [0.717, 1.165) is 30.4 Å². The molecule has 2 aliphatic rings. The molecule has 2 heterocycles. The Morgan fingerprint density at radius 3 is 2.74 bits per heavy atom. The van der Waals surface area contributed by atoms with E-state index < -0.39 is 0 Å². The van der Waals surface area contributed by atoms with Crippen molar-refractivity contribution in [1.29, 1.82) is 0 Å². The lowest BCUT2D eigenvalue weighted by molar-refractivity contribution is 0.0510. The van der Waals surface area contributed by atoms with Crippen molar-refractivity contribution in [3.8, 4) is 0 Å². The van der Waals surface area contributed by atoms with Crippen LogP contribution in [0.15, 0.2) is 54.6 Å². The lowest BCUT2D eigenvalue weighted by Gasteiger charge is -2.44. The molecule has 2 aromatic rings. The van der Waals surface area contributed by atoms with Gasteiger partial charge in [0.1, 0.15) is 12.4 Å². The fourth-order valence-electron chi connectivity index (χ4n) is 4.06. The van der Waals surface area contributed by atoms with E-state index in [4.69, 9.17) is 16.3 Å². The van der Waals surface area contributed by atoms with E-state index in [1.807, 2.05) is 41.3 Å². The van der Waals surface area contributed by atoms with Crippen LogP contribution < -0.4 is 0 Å². The van der Waals surface area contributed by atoms with Crippen LogP contribution in [-0.4, -0.2) is 23.1 Å². The van der Waals surface area contributed by atoms with Crippen molar-refractivity contribution in [2.24, 2.45) is 0 Å². The molecule has 2 aliphatic heterocycles. The van der Waals surface area contributed by atoms with Gasteiger partial charge in [-0.15, -0.1) is 0 Å². The molecule has 0 radical (unpaired) electrons. The summed E-state index contributed by atoms with van der Waals surface area (Å²) in [6.07, 6.45) is 5.20. The SMILES string of the molecule is O=C(OCc1ccccc1)N1C2C=C(c3ccc(Cl)cc3F)CC1CCC2. The zero-order valence-electron chi connectivity index (χ0n) is 14.9. The first-order chi connectivity index (χ1) is 13.1. The lowest BCUT2D eigenvalue weighted by atomic mass is 9.83. The Hall–Kier alpha value is -2.33. The molecular formula is C22H21ClFNO2. The Morgan fingerprint density at radius 2 is 2.00 bits per heavy atom. The third kappa shape index (κ3) is 3.86. The van der Waals surface area contributed by atoms with Crippen molar-refractivity contribution in [3.05, 3.63) is 76.6 Å². The summed E-state index contributed by atoms with van der Waals surface area (Å²) in [5, 5.41) is 0.388. The van der Waals surface area contributed by atoms with Crippen molar-refractivity contribution >= 4 is 23.3 Å². The molecule has 0 aromatic heterocycles. The summed E-state index contributed by atoms with van der Waals surface area (Å²) in [4.78, 5) is 14.6. The predicted molar refractivity (Wildman–Crippen MR) is 104 cm³/mol. The molecule has 0 saturated carbocycles. The highest BCUT2D eigenvalue weighted by atomic mass is 35.5. The maximum Gasteiger partial charge on any atom is 0.410 e. The Labute approximate surface area is 163 Å². The van der Waals surface area contributed by atoms with Gasteiger partial charge in [0.2, 0.25) is 0 Å². The number of carbonyl (C=O) groups excluding carboxylic acids is 1. The van der Waals surface area contributed by atoms with Crippen LogP contribution in [0.25, 0.3) is 5.57 Å². The van der Waals surface area contributed by atoms with Crippen LogP contribution >= 0.6 is 11.6 Å². The molecule has 2 unspecified atom stereocenters. The number of benzene rings is 2. The molecule has 0 N–H and O–H groups in total. The first-order valence-electron chi connectivity index (χ1n) is 9.27. The highest BCUT2D eigenvalue weighted by molar-refractivity contribution is 6.30. The van der Waals surface area contributed by atoms with Crippen LogP contribution in [-0.2, 0) is 11.3 Å². The molecule has 27 heavy (non-hydrogen) atoms. The lowest BCUT2D eigenvalue weighted by Crippen LogP contribution is -2.51. The minimum absolute atomic E-state index is 0.0436. The number of hydrogen-bond acceptors (Lipinski definition) is 2. The highest BCUT2D eigenvalue weighted by Crippen LogP contribution is 2.38. The zero-order valence-corrected chi connectivity index (χ0v) is 15.7. The number of halogens is 2. The average molecular weight is 386 g/mol. The summed E-state index contributed by atoms with van der Waals surface area (Å²) < 4.78 is 19.9. The maximum absolute atomic E-state index is 14.3. The monoisotopic (exact) mass is 385 g/mol. The molecular weight excluding hydrogens is 365 g/mol. The standard InChI is InChI=1S/C22H21ClFNO2/c23-17-9-10-20(21(24)13-17)16-11-18-7-4-8-19(12-16)25(18)22(26)27-14-15-5-2-1-3-6-15/h1-3,5-6,9-11,13,18-19H,4,7-8,12,14H2. The maximum atomic E-state index is 14.3. The van der Waals surface area contributed by atoms with Gasteiger partial charge in [-0.05, 0) is 49.0 Å². The van der Waals surface area contributed by atoms with E-state index in [1.54, 1.807) is 12.1 Å². The van der Waals surface area contributed by atoms with Gasteiger partial charge in [0.15, 0.2) is 0 Å². The first kappa shape index (κ1) is 18.1. The smallest absolute Gasteiger partial charge is 0.410 e. The van der Waals surface area contributed by atoms with E-state index in [0.29, 0.717) is 17.0 Å². The molecule has 1 amide bonds. The fourth-order valence-corrected chi connectivity index (χ4v) is 4.22. The van der Waals surface area contributed by atoms with Gasteiger partial charge in [-0.2, -0.15) is 0 Å². The molecule has 0 spiro atoms. The summed E-state index contributed by atoms with van der Waals surface area (Å²) in [6.45, 7) is 0.262. The molecule has 2 bridgehead atoms. The van der Waals surface area contributed by atoms with Gasteiger partial charge in [-0.3, -0.25) is 4.90 Å². The van der Waals surface area contributed by atoms with Gasteiger partial charge in [0.25, 0.3) is 0 Å². The third-order valence-electron chi connectivity index (χ3n) is 5.33. The number of fused-ring (bicyclic) bond motifs is 2. The van der Waals surface area contributed by atoms with Gasteiger partial charge in [-0.25, -0.2) is 9.18 Å². The average Bonchev–Trinajstić information content (AvgIpc) is 2.66. The Balaban J connectivity index is 1.52. The molecule has 0 aliphatic carbocycles. The van der Waals surface area contributed by atoms with Crippen molar-refractivity contribution in [2.45, 2.75) is 44.4 Å². The molecule has 140 valence electrons. The van der Waals surface area contributed by atoms with Crippen molar-refractivity contribution in [1.82, 2.24) is 4.90 Å². The Kier molecular flexibility index (Phi) is 5.17. The molecule has 4 rings (SSSR count). The molecule has 5 heteroatoms. The fraction of sp³-hybridized carbons (Fsp3) is 0.318. The molecule has 1 fully saturated rings. The van der Waals surface area contributed by atoms with Gasteiger partial charge >= 0.3 is 6.09 Å². The molecule has 2 aromatic carbocycles. The Morgan fingerprint density at radius 1 is 1.19 bits per heavy atom. The minimum atomic E-state index is -0.313. The minimum Gasteiger partial charge on any atom is -0.445 e. The van der Waals surface area contributed by atoms with Crippen molar-refractivity contribution < 1.29 is 13.9 Å². The summed E-state index contributed by atoms with van der Waals surface area (Å²) in [5.74, 6) is -0.313. The topological polar surface area (TPSA) is 29.5 Å². The van der Waals surface area contributed by atoms with E-state index in [9.17, 15) is 9.18 Å². The predicted octanol–water partition coefficient (Wildman–Crippen LogP) is 5.83. The van der Waals surface area contributed by atoms with E-state index >= 15 is 0 Å². The number of carbonyl (C=O) groups is 1. The Bertz CT molecular complexity index is 868. The number of rotatable bonds is 3. The van der Waals surface area contributed by atoms with Crippen LogP contribution in [0.1, 0.15) is 36.8 Å². The summed E-state index contributed by atoms with van der Waals surface area (Å²) in [5.41, 5.74) is 2.49. The van der Waals surface area contributed by atoms with Gasteiger partial charge in [-0.1, -0.05) is 54.1 Å². The molecule has 1 saturated heterocycles. The second-order valence-corrected chi connectivity index (χ2v) is 7.56. The highest BCUT2D eigenvalue weighted by Gasteiger charge is 2.38. The zero-order chi connectivity index (χ0) is 18.8. The van der Waals surface area contributed by atoms with E-state index in [1.165, 1.54) is 6.07 Å². The second kappa shape index (κ2) is 7.73. The number of nitrogens with zero attached hydrogens (tertiary/aromatic N) is 1. The number of amides is 1. The van der Waals surface area contributed by atoms with Crippen LogP contribution in [0.2, 0.25) is 5.02 Å². The van der Waals surface area contributed by atoms with Crippen molar-refractivity contribution in [3.63, 3.8) is 0 Å². The second-order valence-electron chi connectivity index (χ2n) is 7.12. The van der Waals surface area contributed by atoms with Crippen LogP contribution in [0.3, 0.4) is 0 Å². The van der Waals surface area contributed by atoms with Gasteiger partial charge < -0.3 is 4.74 Å². The third-order valence-corrected chi connectivity index (χ3v) is 5.57. The van der Waals surface area contributed by atoms with E-state index in [2.05, 4.69) is 0 Å². The molecule has 3 nitrogen and oxygen atoms in total. The first-order valence-corrected chi connectivity index (χ1v) is 9.65. The molecule has 2 atom stereocenters. The van der Waals surface area contributed by atoms with E-state index in [-0.39, 0.29) is 30.6 Å². The van der Waals surface area contributed by atoms with Crippen LogP contribution in [0.4, 0.5) is 9.18 Å². The quantitative estimate of drug-likeness (QED) is 0.665. The largest absolute Gasteiger partial charge is 0.445 e. The van der Waals surface area contributed by atoms with Crippen LogP contribution in [0.5, 0.6) is 0 Å². The van der Waals surface area contributed by atoms with Crippen molar-refractivity contribution in [2.75, 3.05) is 0 Å². The summed E-state index contributed by atoms with van der Waals surface area (Å²) in [7, 11) is 0. The normalized spacial score (nSPS) is 21.6. The van der Waals surface area contributed by atoms with Gasteiger partial charge in [0.05, 0.1) is 6.04 Å². The number of piperidine rings is 1. The van der Waals surface area contributed by atoms with Gasteiger partial charge in [0, 0.05) is 16.6 Å². The summed E-state index contributed by atoms with van der Waals surface area (Å²) in [6, 6.07) is 14.4. The summed E-state index contributed by atoms with van der Waals surface area (Å²) >= 11 is 5.87.